The first-order valence-electron chi connectivity index (χ1n) is 7.17. The molecule has 1 aliphatic heterocycles. The summed E-state index contributed by atoms with van der Waals surface area (Å²) in [6.07, 6.45) is 3.19. The number of piperidine rings is 1. The van der Waals surface area contributed by atoms with E-state index in [2.05, 4.69) is 35.0 Å². The molecule has 1 saturated heterocycles. The van der Waals surface area contributed by atoms with Gasteiger partial charge in [-0.1, -0.05) is 20.8 Å². The van der Waals surface area contributed by atoms with Crippen molar-refractivity contribution in [3.63, 3.8) is 0 Å². The first-order valence-corrected chi connectivity index (χ1v) is 7.94. The second-order valence-electron chi connectivity index (χ2n) is 6.51. The zero-order valence-corrected chi connectivity index (χ0v) is 13.2. The number of nitrogens with zero attached hydrogens (tertiary/aromatic N) is 3. The Morgan fingerprint density at radius 2 is 2.05 bits per heavy atom. The van der Waals surface area contributed by atoms with Crippen LogP contribution < -0.4 is 4.90 Å². The lowest BCUT2D eigenvalue weighted by Gasteiger charge is -2.31. The van der Waals surface area contributed by atoms with Gasteiger partial charge in [-0.2, -0.15) is 4.37 Å². The van der Waals surface area contributed by atoms with E-state index in [0.717, 1.165) is 43.3 Å². The topological polar surface area (TPSA) is 66.3 Å². The summed E-state index contributed by atoms with van der Waals surface area (Å²) >= 11 is 1.47. The van der Waals surface area contributed by atoms with Crippen molar-refractivity contribution in [2.45, 2.75) is 51.9 Å². The van der Waals surface area contributed by atoms with Crippen LogP contribution in [0.4, 0.5) is 5.13 Å². The lowest BCUT2D eigenvalue weighted by Crippen LogP contribution is -2.33. The fourth-order valence-corrected chi connectivity index (χ4v) is 3.30. The summed E-state index contributed by atoms with van der Waals surface area (Å²) in [5.41, 5.74) is -0.00540. The van der Waals surface area contributed by atoms with Crippen LogP contribution in [0.15, 0.2) is 0 Å². The van der Waals surface area contributed by atoms with Crippen molar-refractivity contribution < 1.29 is 9.90 Å². The monoisotopic (exact) mass is 297 g/mol. The largest absolute Gasteiger partial charge is 0.481 e. The van der Waals surface area contributed by atoms with Crippen LogP contribution in [-0.4, -0.2) is 33.5 Å². The van der Waals surface area contributed by atoms with E-state index in [1.807, 2.05) is 0 Å². The smallest absolute Gasteiger partial charge is 0.303 e. The number of aromatic nitrogens is 2. The van der Waals surface area contributed by atoms with E-state index in [-0.39, 0.29) is 11.8 Å². The third kappa shape index (κ3) is 3.91. The molecular formula is C14H23N3O2S. The Hall–Kier alpha value is -1.17. The lowest BCUT2D eigenvalue weighted by atomic mass is 9.92. The van der Waals surface area contributed by atoms with E-state index < -0.39 is 5.97 Å². The molecule has 0 radical (unpaired) electrons. The highest BCUT2D eigenvalue weighted by atomic mass is 32.1. The molecule has 0 unspecified atom stereocenters. The van der Waals surface area contributed by atoms with Crippen molar-refractivity contribution in [3.05, 3.63) is 5.82 Å². The number of aliphatic carboxylic acids is 1. The van der Waals surface area contributed by atoms with Gasteiger partial charge in [0.1, 0.15) is 5.82 Å². The first kappa shape index (κ1) is 15.2. The molecule has 1 aromatic rings. The molecule has 0 atom stereocenters. The minimum atomic E-state index is -0.689. The molecule has 0 aliphatic carbocycles. The fourth-order valence-electron chi connectivity index (χ4n) is 2.39. The zero-order chi connectivity index (χ0) is 14.8. The summed E-state index contributed by atoms with van der Waals surface area (Å²) in [5, 5.41) is 9.73. The molecular weight excluding hydrogens is 274 g/mol. The standard InChI is InChI=1S/C14H23N3O2S/c1-14(2,3)12-15-13(20-16-12)17-8-6-10(7-9-17)4-5-11(18)19/h10H,4-9H2,1-3H3,(H,18,19). The van der Waals surface area contributed by atoms with E-state index in [9.17, 15) is 4.79 Å². The Kier molecular flexibility index (Phi) is 4.62. The normalized spacial score (nSPS) is 17.4. The number of anilines is 1. The summed E-state index contributed by atoms with van der Waals surface area (Å²) in [7, 11) is 0. The van der Waals surface area contributed by atoms with Gasteiger partial charge in [0.25, 0.3) is 0 Å². The summed E-state index contributed by atoms with van der Waals surface area (Å²) < 4.78 is 4.45. The average molecular weight is 297 g/mol. The van der Waals surface area contributed by atoms with E-state index in [1.54, 1.807) is 0 Å². The Bertz CT molecular complexity index is 459. The maximum absolute atomic E-state index is 10.6. The Morgan fingerprint density at radius 1 is 1.40 bits per heavy atom. The summed E-state index contributed by atoms with van der Waals surface area (Å²) in [4.78, 5) is 17.5. The van der Waals surface area contributed by atoms with Gasteiger partial charge in [-0.05, 0) is 25.2 Å². The quantitative estimate of drug-likeness (QED) is 0.925. The molecule has 2 rings (SSSR count). The number of hydrogen-bond donors (Lipinski definition) is 1. The SMILES string of the molecule is CC(C)(C)c1nsc(N2CCC(CCC(=O)O)CC2)n1. The van der Waals surface area contributed by atoms with Crippen LogP contribution in [0.25, 0.3) is 0 Å². The minimum absolute atomic E-state index is 0.00540. The molecule has 2 heterocycles. The Labute approximate surface area is 124 Å². The van der Waals surface area contributed by atoms with Gasteiger partial charge in [-0.15, -0.1) is 0 Å². The summed E-state index contributed by atoms with van der Waals surface area (Å²) in [5.74, 6) is 0.759. The highest BCUT2D eigenvalue weighted by Crippen LogP contribution is 2.29. The van der Waals surface area contributed by atoms with E-state index in [1.165, 1.54) is 11.5 Å². The molecule has 0 saturated carbocycles. The third-order valence-corrected chi connectivity index (χ3v) is 4.51. The third-order valence-electron chi connectivity index (χ3n) is 3.74. The number of carboxylic acid groups (broad SMARTS) is 1. The highest BCUT2D eigenvalue weighted by molar-refractivity contribution is 7.09. The van der Waals surface area contributed by atoms with E-state index in [4.69, 9.17) is 5.11 Å². The van der Waals surface area contributed by atoms with E-state index in [0.29, 0.717) is 5.92 Å². The highest BCUT2D eigenvalue weighted by Gasteiger charge is 2.25. The van der Waals surface area contributed by atoms with Crippen molar-refractivity contribution in [3.8, 4) is 0 Å². The maximum atomic E-state index is 10.6. The summed E-state index contributed by atoms with van der Waals surface area (Å²) in [6, 6.07) is 0. The second kappa shape index (κ2) is 6.08. The molecule has 1 aliphatic rings. The van der Waals surface area contributed by atoms with Gasteiger partial charge in [0, 0.05) is 36.5 Å². The minimum Gasteiger partial charge on any atom is -0.481 e. The van der Waals surface area contributed by atoms with Gasteiger partial charge in [0.15, 0.2) is 0 Å². The maximum Gasteiger partial charge on any atom is 0.303 e. The van der Waals surface area contributed by atoms with Gasteiger partial charge in [0.2, 0.25) is 5.13 Å². The van der Waals surface area contributed by atoms with Gasteiger partial charge in [-0.3, -0.25) is 4.79 Å². The summed E-state index contributed by atoms with van der Waals surface area (Å²) in [6.45, 7) is 8.29. The predicted octanol–water partition coefficient (Wildman–Crippen LogP) is 2.92. The molecule has 0 bridgehead atoms. The van der Waals surface area contributed by atoms with Gasteiger partial charge in [-0.25, -0.2) is 4.98 Å². The Morgan fingerprint density at radius 3 is 2.55 bits per heavy atom. The van der Waals surface area contributed by atoms with Gasteiger partial charge in [0.05, 0.1) is 0 Å². The molecule has 1 aromatic heterocycles. The van der Waals surface area contributed by atoms with Crippen molar-refractivity contribution in [1.82, 2.24) is 9.36 Å². The van der Waals surface area contributed by atoms with Crippen LogP contribution in [0.3, 0.4) is 0 Å². The number of carboxylic acids is 1. The van der Waals surface area contributed by atoms with Crippen LogP contribution in [0.2, 0.25) is 0 Å². The van der Waals surface area contributed by atoms with Crippen molar-refractivity contribution >= 4 is 22.6 Å². The second-order valence-corrected chi connectivity index (χ2v) is 7.24. The van der Waals surface area contributed by atoms with Crippen LogP contribution in [0, 0.1) is 5.92 Å². The van der Waals surface area contributed by atoms with Crippen molar-refractivity contribution in [2.75, 3.05) is 18.0 Å². The molecule has 1 N–H and O–H groups in total. The molecule has 0 aromatic carbocycles. The molecule has 1 fully saturated rings. The zero-order valence-electron chi connectivity index (χ0n) is 12.4. The fraction of sp³-hybridized carbons (Fsp3) is 0.786. The lowest BCUT2D eigenvalue weighted by molar-refractivity contribution is -0.137. The van der Waals surface area contributed by atoms with Crippen LogP contribution in [-0.2, 0) is 10.2 Å². The molecule has 5 nitrogen and oxygen atoms in total. The van der Waals surface area contributed by atoms with Crippen LogP contribution in [0.1, 0.15) is 52.3 Å². The molecule has 0 spiro atoms. The predicted molar refractivity (Wildman–Crippen MR) is 80.4 cm³/mol. The van der Waals surface area contributed by atoms with Gasteiger partial charge >= 0.3 is 5.97 Å². The van der Waals surface area contributed by atoms with Crippen LogP contribution >= 0.6 is 11.5 Å². The van der Waals surface area contributed by atoms with Crippen molar-refractivity contribution in [2.24, 2.45) is 5.92 Å². The number of carbonyl (C=O) groups is 1. The molecule has 6 heteroatoms. The van der Waals surface area contributed by atoms with Crippen LogP contribution in [0.5, 0.6) is 0 Å². The average Bonchev–Trinajstić information content (AvgIpc) is 2.86. The van der Waals surface area contributed by atoms with Crippen molar-refractivity contribution in [1.29, 1.82) is 0 Å². The van der Waals surface area contributed by atoms with E-state index >= 15 is 0 Å². The number of hydrogen-bond acceptors (Lipinski definition) is 5. The number of rotatable bonds is 4. The van der Waals surface area contributed by atoms with Gasteiger partial charge < -0.3 is 10.0 Å². The molecule has 0 amide bonds. The first-order chi connectivity index (χ1) is 9.36. The Balaban J connectivity index is 1.87. The molecule has 20 heavy (non-hydrogen) atoms. The molecule has 112 valence electrons.